The van der Waals surface area contributed by atoms with E-state index in [-0.39, 0.29) is 41.3 Å². The van der Waals surface area contributed by atoms with Gasteiger partial charge in [-0.1, -0.05) is 20.3 Å². The fraction of sp³-hybridized carbons (Fsp3) is 0.643. The molecule has 5 rings (SSSR count). The third kappa shape index (κ3) is 6.98. The van der Waals surface area contributed by atoms with Crippen LogP contribution in [0.4, 0.5) is 10.9 Å². The first kappa shape index (κ1) is 29.7. The van der Waals surface area contributed by atoms with Crippen molar-refractivity contribution < 1.29 is 9.59 Å². The minimum absolute atomic E-state index is 0.0218. The van der Waals surface area contributed by atoms with Crippen molar-refractivity contribution in [2.24, 2.45) is 5.92 Å². The van der Waals surface area contributed by atoms with Crippen molar-refractivity contribution in [2.45, 2.75) is 83.7 Å². The lowest BCUT2D eigenvalue weighted by Gasteiger charge is -2.38. The van der Waals surface area contributed by atoms with Gasteiger partial charge in [0.1, 0.15) is 5.52 Å². The highest BCUT2D eigenvalue weighted by Gasteiger charge is 2.30. The van der Waals surface area contributed by atoms with Crippen LogP contribution in [-0.2, 0) is 16.0 Å². The highest BCUT2D eigenvalue weighted by atomic mass is 35.5. The van der Waals surface area contributed by atoms with E-state index in [9.17, 15) is 9.59 Å². The van der Waals surface area contributed by atoms with Gasteiger partial charge in [0.25, 0.3) is 0 Å². The van der Waals surface area contributed by atoms with Gasteiger partial charge in [-0.2, -0.15) is 9.97 Å². The molecule has 1 aliphatic heterocycles. The number of thiazole rings is 1. The summed E-state index contributed by atoms with van der Waals surface area (Å²) in [6, 6.07) is 0.732. The lowest BCUT2D eigenvalue weighted by Crippen LogP contribution is -2.47. The number of nitrogens with zero attached hydrogens (tertiary/aromatic N) is 7. The maximum absolute atomic E-state index is 13.0. The first-order valence-electron chi connectivity index (χ1n) is 14.8. The topological polar surface area (TPSA) is 135 Å². The minimum Gasteiger partial charge on any atom is -0.382 e. The number of anilines is 2. The van der Waals surface area contributed by atoms with E-state index in [0.29, 0.717) is 28.0 Å². The minimum atomic E-state index is -0.0976. The maximum Gasteiger partial charge on any atom is 0.229 e. The lowest BCUT2D eigenvalue weighted by atomic mass is 9.85. The molecule has 3 aromatic heterocycles. The molecule has 0 bridgehead atoms. The molecule has 3 aromatic rings. The van der Waals surface area contributed by atoms with Gasteiger partial charge in [-0.15, -0.1) is 11.3 Å². The zero-order valence-electron chi connectivity index (χ0n) is 23.9. The predicted molar refractivity (Wildman–Crippen MR) is 162 cm³/mol. The van der Waals surface area contributed by atoms with Crippen LogP contribution in [0.1, 0.15) is 76.9 Å². The highest BCUT2D eigenvalue weighted by Crippen LogP contribution is 2.35. The zero-order chi connectivity index (χ0) is 28.9. The summed E-state index contributed by atoms with van der Waals surface area (Å²) in [6.07, 6.45) is 9.58. The van der Waals surface area contributed by atoms with Gasteiger partial charge in [0.2, 0.25) is 17.1 Å². The van der Waals surface area contributed by atoms with Gasteiger partial charge in [0, 0.05) is 36.5 Å². The number of fused-ring (bicyclic) bond motifs is 1. The Balaban J connectivity index is 1.08. The summed E-state index contributed by atoms with van der Waals surface area (Å²) in [7, 11) is 0. The Morgan fingerprint density at radius 2 is 1.88 bits per heavy atom. The Labute approximate surface area is 249 Å². The molecule has 0 radical (unpaired) electrons. The van der Waals surface area contributed by atoms with Crippen molar-refractivity contribution in [1.29, 1.82) is 0 Å². The van der Waals surface area contributed by atoms with Crippen LogP contribution in [-0.4, -0.2) is 78.3 Å². The summed E-state index contributed by atoms with van der Waals surface area (Å²) in [5.74, 6) is 0.259. The van der Waals surface area contributed by atoms with E-state index in [0.717, 1.165) is 64.7 Å². The number of amides is 2. The molecule has 0 spiro atoms. The van der Waals surface area contributed by atoms with Crippen LogP contribution in [0.15, 0.2) is 11.7 Å². The quantitative estimate of drug-likeness (QED) is 0.323. The number of hydrogen-bond donors (Lipinski definition) is 2. The Morgan fingerprint density at radius 1 is 1.12 bits per heavy atom. The summed E-state index contributed by atoms with van der Waals surface area (Å²) in [4.78, 5) is 47.7. The van der Waals surface area contributed by atoms with Gasteiger partial charge in [-0.3, -0.25) is 9.59 Å². The lowest BCUT2D eigenvalue weighted by molar-refractivity contribution is -0.132. The number of unbranched alkanes of at least 4 members (excludes halogenated alkanes) is 1. The molecular formula is C28H40ClN9O2S. The summed E-state index contributed by atoms with van der Waals surface area (Å²) >= 11 is 7.39. The van der Waals surface area contributed by atoms with Crippen LogP contribution in [0.25, 0.3) is 11.2 Å². The third-order valence-corrected chi connectivity index (χ3v) is 9.51. The monoisotopic (exact) mass is 601 g/mol. The molecule has 2 fully saturated rings. The molecule has 1 aliphatic carbocycles. The molecule has 0 atom stereocenters. The average molecular weight is 602 g/mol. The molecule has 2 amide bonds. The smallest absolute Gasteiger partial charge is 0.229 e. The number of rotatable bonds is 10. The number of hydrogen-bond acceptors (Lipinski definition) is 9. The molecule has 1 saturated heterocycles. The van der Waals surface area contributed by atoms with Gasteiger partial charge < -0.3 is 25.4 Å². The second-order valence-corrected chi connectivity index (χ2v) is 12.3. The molecule has 1 saturated carbocycles. The number of halogens is 1. The van der Waals surface area contributed by atoms with E-state index in [1.807, 2.05) is 14.8 Å². The Kier molecular flexibility index (Phi) is 9.72. The van der Waals surface area contributed by atoms with Crippen LogP contribution in [0.5, 0.6) is 0 Å². The molecule has 4 heterocycles. The van der Waals surface area contributed by atoms with E-state index in [4.69, 9.17) is 17.3 Å². The molecule has 3 N–H and O–H groups in total. The van der Waals surface area contributed by atoms with Crippen LogP contribution in [0.2, 0.25) is 5.28 Å². The number of carbonyl (C=O) groups is 2. The predicted octanol–water partition coefficient (Wildman–Crippen LogP) is 4.54. The normalized spacial score (nSPS) is 20.1. The van der Waals surface area contributed by atoms with E-state index in [2.05, 4.69) is 44.0 Å². The van der Waals surface area contributed by atoms with Gasteiger partial charge in [-0.05, 0) is 69.6 Å². The fourth-order valence-corrected chi connectivity index (χ4v) is 7.04. The number of nitrogen functional groups attached to an aromatic ring is 1. The molecule has 11 nitrogen and oxygen atoms in total. The molecule has 0 aromatic carbocycles. The summed E-state index contributed by atoms with van der Waals surface area (Å²) in [5.41, 5.74) is 7.82. The molecule has 222 valence electrons. The number of aromatic nitrogens is 5. The van der Waals surface area contributed by atoms with Gasteiger partial charge in [0.05, 0.1) is 18.4 Å². The number of carbonyl (C=O) groups excluding carboxylic acids is 2. The SMILES string of the molecule is CCCCN(CC)C1CCN(C(=O)Cc2csc(NC(=O)C3CCC(n4cnc5c(N)nc(Cl)nc54)CC3)n2)CC1. The van der Waals surface area contributed by atoms with Crippen molar-refractivity contribution in [3.63, 3.8) is 0 Å². The van der Waals surface area contributed by atoms with Crippen molar-refractivity contribution in [3.05, 3.63) is 22.7 Å². The van der Waals surface area contributed by atoms with Crippen molar-refractivity contribution in [2.75, 3.05) is 37.2 Å². The van der Waals surface area contributed by atoms with Crippen molar-refractivity contribution in [1.82, 2.24) is 34.3 Å². The second kappa shape index (κ2) is 13.4. The number of imidazole rings is 1. The van der Waals surface area contributed by atoms with Gasteiger partial charge in [0.15, 0.2) is 16.6 Å². The first-order valence-corrected chi connectivity index (χ1v) is 16.0. The number of likely N-dealkylation sites (tertiary alicyclic amines) is 1. The Hall–Kier alpha value is -2.83. The van der Waals surface area contributed by atoms with E-state index in [1.165, 1.54) is 24.2 Å². The van der Waals surface area contributed by atoms with Gasteiger partial charge in [-0.25, -0.2) is 9.97 Å². The number of nitrogens with two attached hydrogens (primary N) is 1. The van der Waals surface area contributed by atoms with Crippen molar-refractivity contribution >= 4 is 56.9 Å². The molecule has 0 unspecified atom stereocenters. The standard InChI is InChI=1S/C28H40ClN9O2S/c1-3-5-12-36(4-2)20-10-13-37(14-11-20)22(39)15-19-16-41-28(32-19)35-26(40)18-6-8-21(9-7-18)38-17-31-23-24(30)33-27(29)34-25(23)38/h16-18,20-21H,3-15H2,1-2H3,(H2,30,33,34)(H,32,35,40). The molecule has 13 heteroatoms. The summed E-state index contributed by atoms with van der Waals surface area (Å²) in [6.45, 7) is 8.25. The summed E-state index contributed by atoms with van der Waals surface area (Å²) < 4.78 is 1.99. The average Bonchev–Trinajstić information content (AvgIpc) is 3.60. The summed E-state index contributed by atoms with van der Waals surface area (Å²) in [5, 5.41) is 5.51. The van der Waals surface area contributed by atoms with Crippen LogP contribution in [0.3, 0.4) is 0 Å². The van der Waals surface area contributed by atoms with Crippen LogP contribution in [0, 0.1) is 5.92 Å². The first-order chi connectivity index (χ1) is 19.9. The van der Waals surface area contributed by atoms with Gasteiger partial charge >= 0.3 is 0 Å². The molecule has 41 heavy (non-hydrogen) atoms. The van der Waals surface area contributed by atoms with E-state index >= 15 is 0 Å². The highest BCUT2D eigenvalue weighted by molar-refractivity contribution is 7.13. The van der Waals surface area contributed by atoms with Crippen LogP contribution >= 0.6 is 22.9 Å². The largest absolute Gasteiger partial charge is 0.382 e. The van der Waals surface area contributed by atoms with E-state index < -0.39 is 0 Å². The molecule has 2 aliphatic rings. The third-order valence-electron chi connectivity index (χ3n) is 8.53. The fourth-order valence-electron chi connectivity index (χ4n) is 6.15. The van der Waals surface area contributed by atoms with Crippen molar-refractivity contribution in [3.8, 4) is 0 Å². The zero-order valence-corrected chi connectivity index (χ0v) is 25.5. The number of nitrogens with one attached hydrogen (secondary N) is 1. The van der Waals surface area contributed by atoms with E-state index in [1.54, 1.807) is 6.33 Å². The Bertz CT molecular complexity index is 1350. The van der Waals surface area contributed by atoms with Crippen LogP contribution < -0.4 is 11.1 Å². The Morgan fingerprint density at radius 3 is 2.59 bits per heavy atom. The second-order valence-electron chi connectivity index (χ2n) is 11.1. The molecular weight excluding hydrogens is 562 g/mol. The number of piperidine rings is 1. The maximum atomic E-state index is 13.0.